The molecule has 0 spiro atoms. The van der Waals surface area contributed by atoms with Gasteiger partial charge in [0, 0.05) is 11.2 Å². The smallest absolute Gasteiger partial charge is 0.242 e. The summed E-state index contributed by atoms with van der Waals surface area (Å²) in [6, 6.07) is 5.60. The minimum atomic E-state index is -0.360. The van der Waals surface area contributed by atoms with E-state index in [1.807, 2.05) is 20.8 Å². The maximum absolute atomic E-state index is 12.7. The number of carbonyl (C=O) groups excluding carboxylic acids is 1. The summed E-state index contributed by atoms with van der Waals surface area (Å²) >= 11 is 0. The minimum absolute atomic E-state index is 0.0637. The summed E-state index contributed by atoms with van der Waals surface area (Å²) in [5.74, 6) is -0.351. The van der Waals surface area contributed by atoms with Gasteiger partial charge in [0.15, 0.2) is 0 Å². The second-order valence-electron chi connectivity index (χ2n) is 5.10. The highest BCUT2D eigenvalue weighted by molar-refractivity contribution is 5.84. The van der Waals surface area contributed by atoms with Crippen LogP contribution in [-0.4, -0.2) is 17.5 Å². The first kappa shape index (κ1) is 14.5. The van der Waals surface area contributed by atoms with Crippen molar-refractivity contribution in [3.8, 4) is 0 Å². The molecule has 1 aromatic carbocycles. The Hall–Kier alpha value is -1.58. The van der Waals surface area contributed by atoms with E-state index in [-0.39, 0.29) is 23.3 Å². The second kappa shape index (κ2) is 5.85. The average molecular weight is 252 g/mol. The lowest BCUT2D eigenvalue weighted by Gasteiger charge is -2.27. The second-order valence-corrected chi connectivity index (χ2v) is 5.10. The fraction of sp³-hybridized carbons (Fsp3) is 0.500. The standard InChI is InChI=1S/C14H21FN2O/c1-5-14(3,4)17-13(18)10(2)16-12-8-6-11(15)7-9-12/h6-10,16H,5H2,1-4H3,(H,17,18). The molecule has 1 atom stereocenters. The topological polar surface area (TPSA) is 41.1 Å². The lowest BCUT2D eigenvalue weighted by atomic mass is 10.0. The fourth-order valence-corrected chi connectivity index (χ4v) is 1.39. The minimum Gasteiger partial charge on any atom is -0.374 e. The lowest BCUT2D eigenvalue weighted by Crippen LogP contribution is -2.48. The van der Waals surface area contributed by atoms with E-state index in [9.17, 15) is 9.18 Å². The van der Waals surface area contributed by atoms with E-state index in [2.05, 4.69) is 10.6 Å². The number of amides is 1. The van der Waals surface area contributed by atoms with E-state index in [0.717, 1.165) is 12.1 Å². The lowest BCUT2D eigenvalue weighted by molar-refractivity contribution is -0.123. The van der Waals surface area contributed by atoms with Gasteiger partial charge >= 0.3 is 0 Å². The molecule has 0 aromatic heterocycles. The first-order chi connectivity index (χ1) is 8.34. The number of benzene rings is 1. The van der Waals surface area contributed by atoms with E-state index in [4.69, 9.17) is 0 Å². The summed E-state index contributed by atoms with van der Waals surface area (Å²) in [4.78, 5) is 11.9. The first-order valence-electron chi connectivity index (χ1n) is 6.18. The third-order valence-corrected chi connectivity index (χ3v) is 2.97. The van der Waals surface area contributed by atoms with Crippen molar-refractivity contribution in [1.82, 2.24) is 5.32 Å². The molecule has 0 radical (unpaired) electrons. The molecule has 4 heteroatoms. The summed E-state index contributed by atoms with van der Waals surface area (Å²) in [6.45, 7) is 7.77. The quantitative estimate of drug-likeness (QED) is 0.846. The van der Waals surface area contributed by atoms with Gasteiger partial charge in [0.1, 0.15) is 11.9 Å². The first-order valence-corrected chi connectivity index (χ1v) is 6.18. The molecule has 0 fully saturated rings. The van der Waals surface area contributed by atoms with Crippen molar-refractivity contribution in [3.05, 3.63) is 30.1 Å². The zero-order valence-corrected chi connectivity index (χ0v) is 11.4. The van der Waals surface area contributed by atoms with Gasteiger partial charge in [-0.1, -0.05) is 6.92 Å². The molecule has 0 aliphatic carbocycles. The van der Waals surface area contributed by atoms with Gasteiger partial charge in [-0.25, -0.2) is 4.39 Å². The molecule has 100 valence electrons. The number of carbonyl (C=O) groups is 1. The summed E-state index contributed by atoms with van der Waals surface area (Å²) in [6.07, 6.45) is 0.863. The van der Waals surface area contributed by atoms with Crippen LogP contribution in [0, 0.1) is 5.82 Å². The molecule has 1 rings (SSSR count). The molecule has 0 saturated heterocycles. The van der Waals surface area contributed by atoms with Gasteiger partial charge in [-0.3, -0.25) is 4.79 Å². The van der Waals surface area contributed by atoms with Crippen molar-refractivity contribution >= 4 is 11.6 Å². The van der Waals surface area contributed by atoms with Crippen LogP contribution in [0.25, 0.3) is 0 Å². The molecule has 0 bridgehead atoms. The highest BCUT2D eigenvalue weighted by Gasteiger charge is 2.21. The van der Waals surface area contributed by atoms with Crippen LogP contribution in [0.1, 0.15) is 34.1 Å². The molecule has 0 aliphatic rings. The van der Waals surface area contributed by atoms with E-state index in [1.54, 1.807) is 19.1 Å². The zero-order chi connectivity index (χ0) is 13.8. The van der Waals surface area contributed by atoms with Crippen LogP contribution in [0.3, 0.4) is 0 Å². The van der Waals surface area contributed by atoms with Crippen molar-refractivity contribution in [2.24, 2.45) is 0 Å². The SMILES string of the molecule is CCC(C)(C)NC(=O)C(C)Nc1ccc(F)cc1. The molecule has 0 aliphatic heterocycles. The van der Waals surface area contributed by atoms with Gasteiger partial charge in [-0.05, 0) is 51.5 Å². The fourth-order valence-electron chi connectivity index (χ4n) is 1.39. The third-order valence-electron chi connectivity index (χ3n) is 2.97. The normalized spacial score (nSPS) is 12.9. The molecular formula is C14H21FN2O. The van der Waals surface area contributed by atoms with Crippen molar-refractivity contribution < 1.29 is 9.18 Å². The third kappa shape index (κ3) is 4.35. The maximum atomic E-state index is 12.7. The molecule has 0 heterocycles. The van der Waals surface area contributed by atoms with Crippen LogP contribution in [0.5, 0.6) is 0 Å². The van der Waals surface area contributed by atoms with Crippen molar-refractivity contribution in [2.75, 3.05) is 5.32 Å². The van der Waals surface area contributed by atoms with E-state index >= 15 is 0 Å². The van der Waals surface area contributed by atoms with Crippen LogP contribution >= 0.6 is 0 Å². The largest absolute Gasteiger partial charge is 0.374 e. The van der Waals surface area contributed by atoms with Gasteiger partial charge in [-0.15, -0.1) is 0 Å². The Morgan fingerprint density at radius 2 is 1.89 bits per heavy atom. The zero-order valence-electron chi connectivity index (χ0n) is 11.4. The van der Waals surface area contributed by atoms with Crippen molar-refractivity contribution in [3.63, 3.8) is 0 Å². The van der Waals surface area contributed by atoms with Crippen molar-refractivity contribution in [2.45, 2.75) is 45.7 Å². The summed E-state index contributed by atoms with van der Waals surface area (Å²) in [7, 11) is 0. The summed E-state index contributed by atoms with van der Waals surface area (Å²) in [5, 5.41) is 6.00. The summed E-state index contributed by atoms with van der Waals surface area (Å²) < 4.78 is 12.7. The molecule has 18 heavy (non-hydrogen) atoms. The van der Waals surface area contributed by atoms with Crippen LogP contribution in [-0.2, 0) is 4.79 Å². The Balaban J connectivity index is 2.57. The van der Waals surface area contributed by atoms with Gasteiger partial charge in [0.2, 0.25) is 5.91 Å². The van der Waals surface area contributed by atoms with Crippen LogP contribution in [0.2, 0.25) is 0 Å². The van der Waals surface area contributed by atoms with E-state index < -0.39 is 0 Å². The number of halogens is 1. The molecule has 1 aromatic rings. The molecule has 1 unspecified atom stereocenters. The highest BCUT2D eigenvalue weighted by Crippen LogP contribution is 2.11. The van der Waals surface area contributed by atoms with E-state index in [1.165, 1.54) is 12.1 Å². The van der Waals surface area contributed by atoms with E-state index in [0.29, 0.717) is 0 Å². The van der Waals surface area contributed by atoms with Gasteiger partial charge in [-0.2, -0.15) is 0 Å². The number of hydrogen-bond donors (Lipinski definition) is 2. The monoisotopic (exact) mass is 252 g/mol. The Morgan fingerprint density at radius 3 is 2.39 bits per heavy atom. The Bertz CT molecular complexity index is 401. The average Bonchev–Trinajstić information content (AvgIpc) is 2.31. The predicted molar refractivity (Wildman–Crippen MR) is 72.0 cm³/mol. The molecular weight excluding hydrogens is 231 g/mol. The van der Waals surface area contributed by atoms with Crippen LogP contribution in [0.4, 0.5) is 10.1 Å². The molecule has 0 saturated carbocycles. The van der Waals surface area contributed by atoms with Crippen LogP contribution in [0.15, 0.2) is 24.3 Å². The number of rotatable bonds is 5. The molecule has 3 nitrogen and oxygen atoms in total. The van der Waals surface area contributed by atoms with Crippen molar-refractivity contribution in [1.29, 1.82) is 0 Å². The Kier molecular flexibility index (Phi) is 4.70. The number of anilines is 1. The highest BCUT2D eigenvalue weighted by atomic mass is 19.1. The maximum Gasteiger partial charge on any atom is 0.242 e. The van der Waals surface area contributed by atoms with Crippen LogP contribution < -0.4 is 10.6 Å². The predicted octanol–water partition coefficient (Wildman–Crippen LogP) is 2.93. The van der Waals surface area contributed by atoms with Gasteiger partial charge in [0.25, 0.3) is 0 Å². The number of hydrogen-bond acceptors (Lipinski definition) is 2. The Morgan fingerprint density at radius 1 is 1.33 bits per heavy atom. The van der Waals surface area contributed by atoms with Gasteiger partial charge < -0.3 is 10.6 Å². The molecule has 1 amide bonds. The Labute approximate surface area is 108 Å². The van der Waals surface area contributed by atoms with Gasteiger partial charge in [0.05, 0.1) is 0 Å². The summed E-state index contributed by atoms with van der Waals surface area (Å²) in [5.41, 5.74) is 0.517. The number of nitrogens with one attached hydrogen (secondary N) is 2. The molecule has 2 N–H and O–H groups in total.